The van der Waals surface area contributed by atoms with Gasteiger partial charge in [-0.25, -0.2) is 4.98 Å². The first-order valence-corrected chi connectivity index (χ1v) is 13.1. The molecule has 0 spiro atoms. The first-order valence-electron chi connectivity index (χ1n) is 11.3. The zero-order valence-electron chi connectivity index (χ0n) is 18.8. The van der Waals surface area contributed by atoms with E-state index in [0.29, 0.717) is 17.5 Å². The minimum atomic E-state index is 0.528. The largest absolute Gasteiger partial charge is 0.420 e. The van der Waals surface area contributed by atoms with Gasteiger partial charge in [0.1, 0.15) is 10.7 Å². The molecule has 4 aromatic heterocycles. The highest BCUT2D eigenvalue weighted by atomic mass is 32.2. The molecule has 0 radical (unpaired) electrons. The van der Waals surface area contributed by atoms with E-state index in [1.807, 2.05) is 35.6 Å². The number of benzene rings is 1. The van der Waals surface area contributed by atoms with Gasteiger partial charge in [-0.05, 0) is 49.8 Å². The van der Waals surface area contributed by atoms with Gasteiger partial charge in [-0.15, -0.1) is 31.7 Å². The van der Waals surface area contributed by atoms with Crippen LogP contribution in [0.2, 0.25) is 0 Å². The molecule has 1 atom stereocenters. The van der Waals surface area contributed by atoms with E-state index in [9.17, 15) is 0 Å². The molecule has 5 aromatic rings. The maximum absolute atomic E-state index is 5.90. The third-order valence-electron chi connectivity index (χ3n) is 6.25. The molecule has 0 amide bonds. The van der Waals surface area contributed by atoms with Crippen molar-refractivity contribution in [3.63, 3.8) is 0 Å². The SMILES string of the molecule is CCc1nc2sc3c(c2c2nnc(SCc4nnc(-c5ccc(C)cc5)o4)n12)CC[C@@H](C)C3. The summed E-state index contributed by atoms with van der Waals surface area (Å²) < 4.78 is 8.02. The Bertz CT molecular complexity index is 1470. The quantitative estimate of drug-likeness (QED) is 0.302. The number of thioether (sulfide) groups is 1. The predicted molar refractivity (Wildman–Crippen MR) is 131 cm³/mol. The molecule has 1 aliphatic rings. The van der Waals surface area contributed by atoms with Crippen LogP contribution in [0.3, 0.4) is 0 Å². The Morgan fingerprint density at radius 1 is 1.15 bits per heavy atom. The maximum atomic E-state index is 5.90. The van der Waals surface area contributed by atoms with Crippen molar-refractivity contribution in [3.05, 3.63) is 52.0 Å². The van der Waals surface area contributed by atoms with Gasteiger partial charge in [-0.2, -0.15) is 0 Å². The lowest BCUT2D eigenvalue weighted by molar-refractivity contribution is 0.509. The molecule has 4 heterocycles. The van der Waals surface area contributed by atoms with Crippen molar-refractivity contribution in [1.29, 1.82) is 0 Å². The van der Waals surface area contributed by atoms with E-state index in [0.717, 1.165) is 52.2 Å². The summed E-state index contributed by atoms with van der Waals surface area (Å²) in [6.07, 6.45) is 4.27. The van der Waals surface area contributed by atoms with Gasteiger partial charge in [0.15, 0.2) is 10.8 Å². The van der Waals surface area contributed by atoms with Crippen LogP contribution in [0.5, 0.6) is 0 Å². The molecule has 33 heavy (non-hydrogen) atoms. The number of hydrogen-bond acceptors (Lipinski definition) is 8. The summed E-state index contributed by atoms with van der Waals surface area (Å²) >= 11 is 3.39. The molecule has 168 valence electrons. The number of aryl methyl sites for hydroxylation is 3. The lowest BCUT2D eigenvalue weighted by Crippen LogP contribution is -2.09. The van der Waals surface area contributed by atoms with E-state index in [1.165, 1.54) is 27.8 Å². The Balaban J connectivity index is 1.33. The van der Waals surface area contributed by atoms with Gasteiger partial charge in [-0.1, -0.05) is 43.3 Å². The van der Waals surface area contributed by atoms with Crippen LogP contribution in [0.4, 0.5) is 0 Å². The van der Waals surface area contributed by atoms with E-state index in [-0.39, 0.29) is 0 Å². The molecule has 0 saturated heterocycles. The lowest BCUT2D eigenvalue weighted by atomic mass is 9.89. The molecule has 0 unspecified atom stereocenters. The average Bonchev–Trinajstić information content (AvgIpc) is 3.53. The third kappa shape index (κ3) is 3.63. The van der Waals surface area contributed by atoms with Crippen LogP contribution in [0.25, 0.3) is 27.3 Å². The van der Waals surface area contributed by atoms with Gasteiger partial charge < -0.3 is 4.42 Å². The van der Waals surface area contributed by atoms with E-state index in [4.69, 9.17) is 9.40 Å². The van der Waals surface area contributed by atoms with Crippen LogP contribution in [-0.4, -0.2) is 29.8 Å². The highest BCUT2D eigenvalue weighted by Gasteiger charge is 2.25. The summed E-state index contributed by atoms with van der Waals surface area (Å²) in [6, 6.07) is 8.08. The fraction of sp³-hybridized carbons (Fsp3) is 0.375. The Morgan fingerprint density at radius 3 is 2.82 bits per heavy atom. The van der Waals surface area contributed by atoms with Crippen LogP contribution in [-0.2, 0) is 25.0 Å². The molecular formula is C24H24N6OS2. The Hall–Kier alpha value is -2.78. The van der Waals surface area contributed by atoms with Crippen LogP contribution in [0.1, 0.15) is 48.0 Å². The van der Waals surface area contributed by atoms with Crippen LogP contribution in [0, 0.1) is 12.8 Å². The van der Waals surface area contributed by atoms with E-state index in [1.54, 1.807) is 11.8 Å². The average molecular weight is 477 g/mol. The van der Waals surface area contributed by atoms with Gasteiger partial charge in [0.2, 0.25) is 11.8 Å². The first kappa shape index (κ1) is 20.8. The summed E-state index contributed by atoms with van der Waals surface area (Å²) in [6.45, 7) is 6.52. The first-order chi connectivity index (χ1) is 16.1. The van der Waals surface area contributed by atoms with Crippen LogP contribution < -0.4 is 0 Å². The number of aromatic nitrogens is 6. The smallest absolute Gasteiger partial charge is 0.247 e. The lowest BCUT2D eigenvalue weighted by Gasteiger charge is -2.17. The summed E-state index contributed by atoms with van der Waals surface area (Å²) in [4.78, 5) is 7.60. The third-order valence-corrected chi connectivity index (χ3v) is 8.31. The van der Waals surface area contributed by atoms with Crippen molar-refractivity contribution >= 4 is 39.0 Å². The summed E-state index contributed by atoms with van der Waals surface area (Å²) in [7, 11) is 0. The number of thiophene rings is 1. The Morgan fingerprint density at radius 2 is 2.00 bits per heavy atom. The molecule has 0 saturated carbocycles. The fourth-order valence-corrected chi connectivity index (χ4v) is 6.64. The summed E-state index contributed by atoms with van der Waals surface area (Å²) in [5, 5.41) is 19.6. The zero-order chi connectivity index (χ0) is 22.5. The van der Waals surface area contributed by atoms with E-state index in [2.05, 4.69) is 45.6 Å². The second-order valence-electron chi connectivity index (χ2n) is 8.71. The van der Waals surface area contributed by atoms with E-state index >= 15 is 0 Å². The zero-order valence-corrected chi connectivity index (χ0v) is 20.5. The van der Waals surface area contributed by atoms with Crippen molar-refractivity contribution in [2.45, 2.75) is 57.4 Å². The second-order valence-corrected chi connectivity index (χ2v) is 10.7. The van der Waals surface area contributed by atoms with Crippen molar-refractivity contribution in [2.24, 2.45) is 5.92 Å². The standard InChI is InChI=1S/C24H24N6OS2/c1-4-18-25-23-20(16-10-7-14(3)11-17(16)33-23)21-27-29-24(30(18)21)32-12-19-26-28-22(31-19)15-8-5-13(2)6-9-15/h5-6,8-9,14H,4,7,10-12H2,1-3H3/t14-/m1/s1. The van der Waals surface area contributed by atoms with Gasteiger partial charge in [0.05, 0.1) is 11.1 Å². The Labute approximate surface area is 199 Å². The van der Waals surface area contributed by atoms with Gasteiger partial charge in [0.25, 0.3) is 0 Å². The molecule has 1 aliphatic carbocycles. The number of rotatable bonds is 5. The topological polar surface area (TPSA) is 82.0 Å². The highest BCUT2D eigenvalue weighted by molar-refractivity contribution is 7.98. The van der Waals surface area contributed by atoms with Gasteiger partial charge >= 0.3 is 0 Å². The number of fused-ring (bicyclic) bond motifs is 5. The molecule has 0 fully saturated rings. The maximum Gasteiger partial charge on any atom is 0.247 e. The van der Waals surface area contributed by atoms with E-state index < -0.39 is 0 Å². The van der Waals surface area contributed by atoms with Gasteiger partial charge in [0, 0.05) is 16.9 Å². The normalized spacial score (nSPS) is 16.0. The molecule has 0 bridgehead atoms. The van der Waals surface area contributed by atoms with Crippen molar-refractivity contribution < 1.29 is 4.42 Å². The molecule has 6 rings (SSSR count). The molecule has 0 N–H and O–H groups in total. The molecular weight excluding hydrogens is 452 g/mol. The van der Waals surface area contributed by atoms with Crippen molar-refractivity contribution in [2.75, 3.05) is 0 Å². The van der Waals surface area contributed by atoms with Crippen molar-refractivity contribution in [1.82, 2.24) is 29.8 Å². The summed E-state index contributed by atoms with van der Waals surface area (Å²) in [5.74, 6) is 3.35. The molecule has 9 heteroatoms. The highest BCUT2D eigenvalue weighted by Crippen LogP contribution is 2.40. The number of hydrogen-bond donors (Lipinski definition) is 0. The second kappa shape index (κ2) is 8.22. The Kier molecular flexibility index (Phi) is 5.18. The van der Waals surface area contributed by atoms with Crippen molar-refractivity contribution in [3.8, 4) is 11.5 Å². The minimum absolute atomic E-state index is 0.528. The molecule has 0 aliphatic heterocycles. The predicted octanol–water partition coefficient (Wildman–Crippen LogP) is 5.68. The van der Waals surface area contributed by atoms with Gasteiger partial charge in [-0.3, -0.25) is 4.40 Å². The van der Waals surface area contributed by atoms with Crippen LogP contribution >= 0.6 is 23.1 Å². The monoisotopic (exact) mass is 476 g/mol. The molecule has 1 aromatic carbocycles. The van der Waals surface area contributed by atoms with Crippen LogP contribution in [0.15, 0.2) is 33.8 Å². The number of nitrogens with zero attached hydrogens (tertiary/aromatic N) is 6. The fourth-order valence-electron chi connectivity index (χ4n) is 4.46. The molecule has 7 nitrogen and oxygen atoms in total. The minimum Gasteiger partial charge on any atom is -0.420 e. The summed E-state index contributed by atoms with van der Waals surface area (Å²) in [5.41, 5.74) is 4.48.